The quantitative estimate of drug-likeness (QED) is 0.345. The highest BCUT2D eigenvalue weighted by Crippen LogP contribution is 2.44. The molecule has 3 heteroatoms. The molecule has 3 unspecified atom stereocenters. The van der Waals surface area contributed by atoms with Gasteiger partial charge in [0.05, 0.1) is 11.8 Å². The number of hydrogen-bond acceptors (Lipinski definition) is 3. The summed E-state index contributed by atoms with van der Waals surface area (Å²) < 4.78 is 4.69. The van der Waals surface area contributed by atoms with Crippen molar-refractivity contribution in [2.45, 2.75) is 32.1 Å². The lowest BCUT2D eigenvalue weighted by Crippen LogP contribution is -2.27. The maximum absolute atomic E-state index is 11.4. The fourth-order valence-electron chi connectivity index (χ4n) is 3.12. The highest BCUT2D eigenvalue weighted by atomic mass is 16.6. The van der Waals surface area contributed by atoms with E-state index >= 15 is 0 Å². The maximum Gasteiger partial charge on any atom is 0.321 e. The van der Waals surface area contributed by atoms with Gasteiger partial charge in [0.15, 0.2) is 0 Å². The van der Waals surface area contributed by atoms with Crippen LogP contribution < -0.4 is 0 Å². The van der Waals surface area contributed by atoms with Gasteiger partial charge >= 0.3 is 11.9 Å². The van der Waals surface area contributed by atoms with Gasteiger partial charge in [-0.15, -0.1) is 0 Å². The molecule has 0 aromatic rings. The zero-order chi connectivity index (χ0) is 10.4. The van der Waals surface area contributed by atoms with Crippen molar-refractivity contribution >= 4 is 11.9 Å². The molecule has 0 aromatic heterocycles. The number of carbonyl (C=O) groups excluding carboxylic acids is 2. The Labute approximate surface area is 88.5 Å². The Bertz CT molecular complexity index is 356. The van der Waals surface area contributed by atoms with E-state index < -0.39 is 0 Å². The van der Waals surface area contributed by atoms with Crippen molar-refractivity contribution in [3.8, 4) is 0 Å². The lowest BCUT2D eigenvalue weighted by molar-refractivity contribution is -0.153. The first-order valence-corrected chi connectivity index (χ1v) is 5.72. The number of fused-ring (bicyclic) bond motifs is 2. The summed E-state index contributed by atoms with van der Waals surface area (Å²) >= 11 is 0. The zero-order valence-corrected chi connectivity index (χ0v) is 8.57. The second-order valence-corrected chi connectivity index (χ2v) is 4.79. The first-order valence-electron chi connectivity index (χ1n) is 5.72. The van der Waals surface area contributed by atoms with Crippen molar-refractivity contribution in [2.75, 3.05) is 0 Å². The molecule has 3 atom stereocenters. The second-order valence-electron chi connectivity index (χ2n) is 4.79. The molecule has 80 valence electrons. The largest absolute Gasteiger partial charge is 0.392 e. The van der Waals surface area contributed by atoms with Gasteiger partial charge in [-0.2, -0.15) is 0 Å². The summed E-state index contributed by atoms with van der Waals surface area (Å²) in [5, 5.41) is 0. The van der Waals surface area contributed by atoms with Crippen LogP contribution in [0, 0.1) is 17.8 Å². The van der Waals surface area contributed by atoms with Crippen molar-refractivity contribution in [3.63, 3.8) is 0 Å². The van der Waals surface area contributed by atoms with Gasteiger partial charge in [-0.1, -0.05) is 18.1 Å². The predicted molar refractivity (Wildman–Crippen MR) is 52.7 cm³/mol. The zero-order valence-electron chi connectivity index (χ0n) is 8.57. The van der Waals surface area contributed by atoms with Crippen LogP contribution in [0.25, 0.3) is 0 Å². The molecule has 0 amide bonds. The molecule has 1 saturated heterocycles. The van der Waals surface area contributed by atoms with E-state index in [1.54, 1.807) is 0 Å². The topological polar surface area (TPSA) is 43.4 Å². The van der Waals surface area contributed by atoms with E-state index in [1.165, 1.54) is 24.8 Å². The van der Waals surface area contributed by atoms with E-state index in [-0.39, 0.29) is 23.8 Å². The van der Waals surface area contributed by atoms with Crippen molar-refractivity contribution in [1.29, 1.82) is 0 Å². The third-order valence-electron chi connectivity index (χ3n) is 3.93. The monoisotopic (exact) mass is 206 g/mol. The molecule has 1 heterocycles. The molecule has 1 aliphatic heterocycles. The number of hydrogen-bond donors (Lipinski definition) is 0. The summed E-state index contributed by atoms with van der Waals surface area (Å²) in [6.45, 7) is 0. The van der Waals surface area contributed by atoms with Crippen molar-refractivity contribution in [3.05, 3.63) is 11.6 Å². The fourth-order valence-corrected chi connectivity index (χ4v) is 3.12. The average Bonchev–Trinajstić information content (AvgIpc) is 2.52. The van der Waals surface area contributed by atoms with E-state index in [0.29, 0.717) is 5.92 Å². The molecular formula is C12H14O3. The third kappa shape index (κ3) is 1.33. The van der Waals surface area contributed by atoms with Crippen LogP contribution in [0.5, 0.6) is 0 Å². The van der Waals surface area contributed by atoms with Gasteiger partial charge in [-0.25, -0.2) is 0 Å². The van der Waals surface area contributed by atoms with Gasteiger partial charge in [-0.3, -0.25) is 9.59 Å². The van der Waals surface area contributed by atoms with Crippen molar-refractivity contribution in [1.82, 2.24) is 0 Å². The molecule has 3 rings (SSSR count). The Morgan fingerprint density at radius 3 is 2.93 bits per heavy atom. The van der Waals surface area contributed by atoms with Gasteiger partial charge < -0.3 is 4.74 Å². The summed E-state index contributed by atoms with van der Waals surface area (Å²) in [7, 11) is 0. The van der Waals surface area contributed by atoms with Crippen LogP contribution in [0.15, 0.2) is 11.6 Å². The molecule has 3 aliphatic rings. The van der Waals surface area contributed by atoms with Gasteiger partial charge in [0.1, 0.15) is 0 Å². The molecule has 1 saturated carbocycles. The van der Waals surface area contributed by atoms with Gasteiger partial charge in [0, 0.05) is 0 Å². The second kappa shape index (κ2) is 3.19. The summed E-state index contributed by atoms with van der Waals surface area (Å²) in [5.41, 5.74) is 1.40. The Morgan fingerprint density at radius 1 is 1.20 bits per heavy atom. The fraction of sp³-hybridized carbons (Fsp3) is 0.667. The number of cyclic esters (lactones) is 2. The minimum absolute atomic E-state index is 0.177. The van der Waals surface area contributed by atoms with E-state index in [0.717, 1.165) is 12.8 Å². The van der Waals surface area contributed by atoms with Crippen molar-refractivity contribution < 1.29 is 14.3 Å². The van der Waals surface area contributed by atoms with E-state index in [9.17, 15) is 9.59 Å². The molecule has 3 nitrogen and oxygen atoms in total. The van der Waals surface area contributed by atoms with Crippen molar-refractivity contribution in [2.24, 2.45) is 17.8 Å². The molecule has 2 aliphatic carbocycles. The molecule has 0 bridgehead atoms. The van der Waals surface area contributed by atoms with Gasteiger partial charge in [0.25, 0.3) is 0 Å². The van der Waals surface area contributed by atoms with Crippen LogP contribution in [-0.4, -0.2) is 11.9 Å². The minimum Gasteiger partial charge on any atom is -0.392 e. The summed E-state index contributed by atoms with van der Waals surface area (Å²) in [6.07, 6.45) is 7.61. The van der Waals surface area contributed by atoms with Crippen LogP contribution in [0.4, 0.5) is 0 Å². The predicted octanol–water partition coefficient (Wildman–Crippen LogP) is 1.82. The Morgan fingerprint density at radius 2 is 2.07 bits per heavy atom. The number of esters is 2. The summed E-state index contributed by atoms with van der Waals surface area (Å²) in [5.74, 6) is -0.531. The van der Waals surface area contributed by atoms with Gasteiger partial charge in [-0.05, 0) is 31.6 Å². The molecule has 0 N–H and O–H groups in total. The average molecular weight is 206 g/mol. The number of allylic oxidation sites excluding steroid dienone is 1. The Balaban J connectivity index is 1.93. The summed E-state index contributed by atoms with van der Waals surface area (Å²) in [4.78, 5) is 22.8. The molecule has 15 heavy (non-hydrogen) atoms. The van der Waals surface area contributed by atoms with Crippen LogP contribution in [0.3, 0.4) is 0 Å². The molecular weight excluding hydrogens is 192 g/mol. The lowest BCUT2D eigenvalue weighted by atomic mass is 9.70. The maximum atomic E-state index is 11.4. The van der Waals surface area contributed by atoms with E-state index in [1.807, 2.05) is 6.08 Å². The lowest BCUT2D eigenvalue weighted by Gasteiger charge is -2.32. The van der Waals surface area contributed by atoms with Gasteiger partial charge in [0.2, 0.25) is 0 Å². The minimum atomic E-state index is -0.332. The van der Waals surface area contributed by atoms with E-state index in [2.05, 4.69) is 0 Å². The standard InChI is InChI=1S/C12H14O3/c13-11-9-5-7-3-1-2-4-8(7)6-10(9)12(14)15-11/h5,8-10H,1-4,6H2. The van der Waals surface area contributed by atoms with E-state index in [4.69, 9.17) is 4.74 Å². The molecule has 0 spiro atoms. The Hall–Kier alpha value is -1.12. The smallest absolute Gasteiger partial charge is 0.321 e. The first kappa shape index (κ1) is 9.13. The normalized spacial score (nSPS) is 39.2. The third-order valence-corrected chi connectivity index (χ3v) is 3.93. The number of carbonyl (C=O) groups is 2. The molecule has 0 radical (unpaired) electrons. The number of rotatable bonds is 0. The number of ether oxygens (including phenoxy) is 1. The van der Waals surface area contributed by atoms with Crippen LogP contribution in [0.1, 0.15) is 32.1 Å². The molecule has 2 fully saturated rings. The van der Waals surface area contributed by atoms with Crippen LogP contribution in [0.2, 0.25) is 0 Å². The van der Waals surface area contributed by atoms with Crippen LogP contribution in [-0.2, 0) is 14.3 Å². The first-order chi connectivity index (χ1) is 7.25. The molecule has 0 aromatic carbocycles. The summed E-state index contributed by atoms with van der Waals surface area (Å²) in [6, 6.07) is 0. The Kier molecular flexibility index (Phi) is 1.94. The SMILES string of the molecule is O=C1OC(=O)C2CC3CCCCC3=CC12. The highest BCUT2D eigenvalue weighted by Gasteiger charge is 2.47. The highest BCUT2D eigenvalue weighted by molar-refractivity contribution is 5.97. The van der Waals surface area contributed by atoms with Crippen LogP contribution >= 0.6 is 0 Å².